The Bertz CT molecular complexity index is 438. The van der Waals surface area contributed by atoms with E-state index in [2.05, 4.69) is 20.5 Å². The molecule has 0 radical (unpaired) electrons. The lowest BCUT2D eigenvalue weighted by atomic mass is 10.2. The first kappa shape index (κ1) is 19.9. The molecule has 2 heterocycles. The summed E-state index contributed by atoms with van der Waals surface area (Å²) in [6.07, 6.45) is 2.53. The van der Waals surface area contributed by atoms with E-state index in [0.717, 1.165) is 45.0 Å². The van der Waals surface area contributed by atoms with Gasteiger partial charge in [0.1, 0.15) is 0 Å². The summed E-state index contributed by atoms with van der Waals surface area (Å²) in [5.74, 6) is 1.33. The fraction of sp³-hybridized carbons (Fsp3) is 0.923. The maximum atomic E-state index is 11.4. The zero-order chi connectivity index (χ0) is 15.1. The molecule has 1 unspecified atom stereocenters. The van der Waals surface area contributed by atoms with Crippen molar-refractivity contribution in [1.82, 2.24) is 15.5 Å². The van der Waals surface area contributed by atoms with Crippen molar-refractivity contribution in [3.05, 3.63) is 0 Å². The van der Waals surface area contributed by atoms with Gasteiger partial charge in [0.05, 0.1) is 17.6 Å². The second-order valence-electron chi connectivity index (χ2n) is 5.51. The Morgan fingerprint density at radius 3 is 2.64 bits per heavy atom. The van der Waals surface area contributed by atoms with E-state index in [0.29, 0.717) is 13.1 Å². The maximum absolute atomic E-state index is 11.4. The van der Waals surface area contributed by atoms with Gasteiger partial charge >= 0.3 is 0 Å². The molecule has 2 aliphatic rings. The minimum atomic E-state index is -2.79. The third-order valence-corrected chi connectivity index (χ3v) is 5.51. The summed E-state index contributed by atoms with van der Waals surface area (Å²) in [5.41, 5.74) is 0. The molecular formula is C13H27IN4O3S. The van der Waals surface area contributed by atoms with Crippen LogP contribution in [0.4, 0.5) is 0 Å². The number of hydrogen-bond donors (Lipinski definition) is 2. The van der Waals surface area contributed by atoms with E-state index < -0.39 is 9.84 Å². The van der Waals surface area contributed by atoms with Crippen LogP contribution in [-0.2, 0) is 14.6 Å². The van der Waals surface area contributed by atoms with Gasteiger partial charge in [0, 0.05) is 46.4 Å². The van der Waals surface area contributed by atoms with E-state index in [9.17, 15) is 8.42 Å². The van der Waals surface area contributed by atoms with E-state index in [4.69, 9.17) is 4.74 Å². The average molecular weight is 446 g/mol. The van der Waals surface area contributed by atoms with Crippen molar-refractivity contribution in [3.8, 4) is 0 Å². The fourth-order valence-corrected chi connectivity index (χ4v) is 3.82. The Kier molecular flexibility index (Phi) is 8.95. The number of aliphatic imine (C=N–C) groups is 1. The van der Waals surface area contributed by atoms with Gasteiger partial charge in [-0.1, -0.05) is 0 Å². The third-order valence-electron chi connectivity index (χ3n) is 3.90. The van der Waals surface area contributed by atoms with Crippen molar-refractivity contribution < 1.29 is 13.2 Å². The third kappa shape index (κ3) is 6.97. The van der Waals surface area contributed by atoms with Crippen LogP contribution in [0, 0.1) is 0 Å². The second kappa shape index (κ2) is 9.89. The standard InChI is InChI=1S/C13H26N4O3S.HI/c1-14-13(16-11-12-3-2-8-20-12)15-4-5-17-6-9-21(18,19)10-7-17;/h12H,2-11H2,1H3,(H2,14,15,16);1H. The van der Waals surface area contributed by atoms with Crippen LogP contribution in [0.15, 0.2) is 4.99 Å². The van der Waals surface area contributed by atoms with E-state index in [1.165, 1.54) is 0 Å². The molecule has 130 valence electrons. The van der Waals surface area contributed by atoms with E-state index in [-0.39, 0.29) is 41.6 Å². The van der Waals surface area contributed by atoms with E-state index >= 15 is 0 Å². The summed E-state index contributed by atoms with van der Waals surface area (Å²) in [6, 6.07) is 0. The van der Waals surface area contributed by atoms with Gasteiger partial charge < -0.3 is 15.4 Å². The first-order chi connectivity index (χ1) is 10.1. The molecule has 0 bridgehead atoms. The highest BCUT2D eigenvalue weighted by molar-refractivity contribution is 14.0. The molecule has 2 aliphatic heterocycles. The van der Waals surface area contributed by atoms with Gasteiger partial charge in [-0.25, -0.2) is 8.42 Å². The molecule has 2 N–H and O–H groups in total. The molecule has 0 aromatic rings. The predicted molar refractivity (Wildman–Crippen MR) is 98.8 cm³/mol. The van der Waals surface area contributed by atoms with Crippen molar-refractivity contribution in [2.24, 2.45) is 4.99 Å². The van der Waals surface area contributed by atoms with Crippen LogP contribution in [0.25, 0.3) is 0 Å². The summed E-state index contributed by atoms with van der Waals surface area (Å²) < 4.78 is 28.3. The van der Waals surface area contributed by atoms with Gasteiger partial charge in [-0.2, -0.15) is 0 Å². The Labute approximate surface area is 150 Å². The summed E-state index contributed by atoms with van der Waals surface area (Å²) in [6.45, 7) is 4.48. The van der Waals surface area contributed by atoms with Crippen molar-refractivity contribution in [2.75, 3.05) is 57.9 Å². The van der Waals surface area contributed by atoms with Crippen LogP contribution in [0.5, 0.6) is 0 Å². The molecule has 0 aliphatic carbocycles. The van der Waals surface area contributed by atoms with E-state index in [1.807, 2.05) is 0 Å². The number of halogens is 1. The SMILES string of the molecule is CN=C(NCCN1CCS(=O)(=O)CC1)NCC1CCCO1.I. The highest BCUT2D eigenvalue weighted by Crippen LogP contribution is 2.10. The number of nitrogens with zero attached hydrogens (tertiary/aromatic N) is 2. The molecular weight excluding hydrogens is 419 g/mol. The van der Waals surface area contributed by atoms with Gasteiger partial charge in [0.25, 0.3) is 0 Å². The summed E-state index contributed by atoms with van der Waals surface area (Å²) in [4.78, 5) is 6.35. The van der Waals surface area contributed by atoms with Crippen molar-refractivity contribution in [2.45, 2.75) is 18.9 Å². The monoisotopic (exact) mass is 446 g/mol. The Balaban J connectivity index is 0.00000242. The van der Waals surface area contributed by atoms with Crippen molar-refractivity contribution in [1.29, 1.82) is 0 Å². The number of ether oxygens (including phenoxy) is 1. The lowest BCUT2D eigenvalue weighted by molar-refractivity contribution is 0.114. The van der Waals surface area contributed by atoms with Crippen LogP contribution < -0.4 is 10.6 Å². The lowest BCUT2D eigenvalue weighted by Crippen LogP contribution is -2.46. The maximum Gasteiger partial charge on any atom is 0.191 e. The van der Waals surface area contributed by atoms with Crippen LogP contribution >= 0.6 is 24.0 Å². The highest BCUT2D eigenvalue weighted by Gasteiger charge is 2.21. The van der Waals surface area contributed by atoms with Gasteiger partial charge in [0.2, 0.25) is 0 Å². The first-order valence-corrected chi connectivity index (χ1v) is 9.40. The molecule has 0 amide bonds. The molecule has 0 aromatic carbocycles. The molecule has 2 rings (SSSR count). The summed E-state index contributed by atoms with van der Waals surface area (Å²) in [7, 11) is -1.04. The van der Waals surface area contributed by atoms with Crippen LogP contribution in [0.3, 0.4) is 0 Å². The first-order valence-electron chi connectivity index (χ1n) is 7.58. The predicted octanol–water partition coefficient (Wildman–Crippen LogP) is -0.321. The molecule has 2 fully saturated rings. The topological polar surface area (TPSA) is 83.0 Å². The molecule has 0 saturated carbocycles. The van der Waals surface area contributed by atoms with Crippen molar-refractivity contribution in [3.63, 3.8) is 0 Å². The minimum Gasteiger partial charge on any atom is -0.376 e. The van der Waals surface area contributed by atoms with Crippen LogP contribution in [0.1, 0.15) is 12.8 Å². The Morgan fingerprint density at radius 1 is 1.32 bits per heavy atom. The molecule has 0 spiro atoms. The number of hydrogen-bond acceptors (Lipinski definition) is 5. The van der Waals surface area contributed by atoms with Crippen LogP contribution in [-0.4, -0.2) is 83.3 Å². The molecule has 0 aromatic heterocycles. The van der Waals surface area contributed by atoms with Gasteiger partial charge in [-0.3, -0.25) is 9.89 Å². The zero-order valence-corrected chi connectivity index (χ0v) is 16.2. The number of guanidine groups is 1. The fourth-order valence-electron chi connectivity index (χ4n) is 2.54. The summed E-state index contributed by atoms with van der Waals surface area (Å²) in [5, 5.41) is 6.52. The number of sulfone groups is 1. The molecule has 1 atom stereocenters. The normalized spacial score (nSPS) is 25.5. The van der Waals surface area contributed by atoms with Gasteiger partial charge in [-0.15, -0.1) is 24.0 Å². The second-order valence-corrected chi connectivity index (χ2v) is 7.81. The highest BCUT2D eigenvalue weighted by atomic mass is 127. The van der Waals surface area contributed by atoms with Gasteiger partial charge in [0.15, 0.2) is 15.8 Å². The molecule has 9 heteroatoms. The van der Waals surface area contributed by atoms with Crippen LogP contribution in [0.2, 0.25) is 0 Å². The molecule has 22 heavy (non-hydrogen) atoms. The summed E-state index contributed by atoms with van der Waals surface area (Å²) >= 11 is 0. The van der Waals surface area contributed by atoms with Crippen molar-refractivity contribution >= 4 is 39.8 Å². The minimum absolute atomic E-state index is 0. The largest absolute Gasteiger partial charge is 0.376 e. The zero-order valence-electron chi connectivity index (χ0n) is 13.1. The smallest absolute Gasteiger partial charge is 0.191 e. The molecule has 7 nitrogen and oxygen atoms in total. The Morgan fingerprint density at radius 2 is 2.05 bits per heavy atom. The quantitative estimate of drug-likeness (QED) is 0.342. The Hall–Kier alpha value is -0.130. The average Bonchev–Trinajstić information content (AvgIpc) is 2.97. The van der Waals surface area contributed by atoms with Gasteiger partial charge in [-0.05, 0) is 12.8 Å². The number of nitrogens with one attached hydrogen (secondary N) is 2. The van der Waals surface area contributed by atoms with E-state index in [1.54, 1.807) is 7.05 Å². The number of rotatable bonds is 5. The lowest BCUT2D eigenvalue weighted by Gasteiger charge is -2.26. The molecule has 2 saturated heterocycles.